The van der Waals surface area contributed by atoms with Crippen LogP contribution in [0.1, 0.15) is 25.7 Å². The lowest BCUT2D eigenvalue weighted by atomic mass is 9.95. The Hall–Kier alpha value is -0.610. The average molecular weight is 214 g/mol. The van der Waals surface area contributed by atoms with Gasteiger partial charge in [-0.05, 0) is 38.8 Å². The highest BCUT2D eigenvalue weighted by atomic mass is 16.3. The standard InChI is InChI=1S/C11H22N2O2/c1-13-7-2-3-10(9-13)4-6-12-11(15)5-8-14/h10,14H,2-9H2,1H3,(H,12,15). The molecule has 0 aromatic rings. The van der Waals surface area contributed by atoms with E-state index in [1.165, 1.54) is 19.4 Å². The summed E-state index contributed by atoms with van der Waals surface area (Å²) in [6.07, 6.45) is 3.83. The van der Waals surface area contributed by atoms with Crippen LogP contribution in [0.3, 0.4) is 0 Å². The van der Waals surface area contributed by atoms with Crippen LogP contribution >= 0.6 is 0 Å². The topological polar surface area (TPSA) is 52.6 Å². The van der Waals surface area contributed by atoms with Crippen LogP contribution in [0.25, 0.3) is 0 Å². The molecule has 0 spiro atoms. The Morgan fingerprint density at radius 1 is 1.60 bits per heavy atom. The van der Waals surface area contributed by atoms with Gasteiger partial charge in [0.2, 0.25) is 5.91 Å². The average Bonchev–Trinajstić information content (AvgIpc) is 2.18. The van der Waals surface area contributed by atoms with Crippen LogP contribution in [0.15, 0.2) is 0 Å². The number of carbonyl (C=O) groups is 1. The minimum Gasteiger partial charge on any atom is -0.396 e. The van der Waals surface area contributed by atoms with E-state index < -0.39 is 0 Å². The quantitative estimate of drug-likeness (QED) is 0.688. The normalized spacial score (nSPS) is 22.7. The van der Waals surface area contributed by atoms with Crippen molar-refractivity contribution in [3.8, 4) is 0 Å². The molecule has 1 rings (SSSR count). The Kier molecular flexibility index (Phi) is 5.65. The van der Waals surface area contributed by atoms with Crippen LogP contribution in [-0.2, 0) is 4.79 Å². The Bertz CT molecular complexity index is 197. The minimum atomic E-state index is -0.0575. The van der Waals surface area contributed by atoms with Crippen molar-refractivity contribution in [1.29, 1.82) is 0 Å². The number of aliphatic hydroxyl groups is 1. The van der Waals surface area contributed by atoms with Crippen molar-refractivity contribution >= 4 is 5.91 Å². The van der Waals surface area contributed by atoms with Crippen molar-refractivity contribution in [2.45, 2.75) is 25.7 Å². The predicted octanol–water partition coefficient (Wildman–Crippen LogP) is 0.217. The van der Waals surface area contributed by atoms with E-state index in [1.807, 2.05) is 0 Å². The summed E-state index contributed by atoms with van der Waals surface area (Å²) in [6, 6.07) is 0. The third-order valence-corrected chi connectivity index (χ3v) is 2.94. The van der Waals surface area contributed by atoms with Crippen molar-refractivity contribution in [2.24, 2.45) is 5.92 Å². The number of hydrogen-bond acceptors (Lipinski definition) is 3. The van der Waals surface area contributed by atoms with Crippen molar-refractivity contribution in [1.82, 2.24) is 10.2 Å². The maximum absolute atomic E-state index is 11.1. The van der Waals surface area contributed by atoms with E-state index in [1.54, 1.807) is 0 Å². The van der Waals surface area contributed by atoms with Gasteiger partial charge in [0.15, 0.2) is 0 Å². The molecule has 2 N–H and O–H groups in total. The summed E-state index contributed by atoms with van der Waals surface area (Å²) < 4.78 is 0. The van der Waals surface area contributed by atoms with Gasteiger partial charge in [-0.3, -0.25) is 4.79 Å². The summed E-state index contributed by atoms with van der Waals surface area (Å²) in [6.45, 7) is 3.04. The molecule has 1 amide bonds. The van der Waals surface area contributed by atoms with Gasteiger partial charge >= 0.3 is 0 Å². The van der Waals surface area contributed by atoms with Gasteiger partial charge in [-0.1, -0.05) is 0 Å². The van der Waals surface area contributed by atoms with E-state index in [9.17, 15) is 4.79 Å². The van der Waals surface area contributed by atoms with Gasteiger partial charge in [-0.15, -0.1) is 0 Å². The van der Waals surface area contributed by atoms with E-state index in [-0.39, 0.29) is 18.9 Å². The number of aliphatic hydroxyl groups excluding tert-OH is 1. The molecule has 1 heterocycles. The Balaban J connectivity index is 2.06. The molecule has 0 aromatic heterocycles. The Morgan fingerprint density at radius 3 is 3.07 bits per heavy atom. The predicted molar refractivity (Wildman–Crippen MR) is 59.6 cm³/mol. The van der Waals surface area contributed by atoms with Crippen molar-refractivity contribution < 1.29 is 9.90 Å². The molecule has 1 unspecified atom stereocenters. The van der Waals surface area contributed by atoms with E-state index in [2.05, 4.69) is 17.3 Å². The zero-order valence-corrected chi connectivity index (χ0v) is 9.54. The maximum Gasteiger partial charge on any atom is 0.222 e. The lowest BCUT2D eigenvalue weighted by Gasteiger charge is -2.29. The van der Waals surface area contributed by atoms with E-state index in [0.717, 1.165) is 25.4 Å². The first-order chi connectivity index (χ1) is 7.22. The first kappa shape index (κ1) is 12.5. The number of piperidine rings is 1. The fraction of sp³-hybridized carbons (Fsp3) is 0.909. The molecule has 0 aliphatic carbocycles. The molecule has 0 radical (unpaired) electrons. The zero-order chi connectivity index (χ0) is 11.1. The number of rotatable bonds is 5. The molecule has 4 heteroatoms. The fourth-order valence-electron chi connectivity index (χ4n) is 2.11. The number of amides is 1. The van der Waals surface area contributed by atoms with E-state index >= 15 is 0 Å². The SMILES string of the molecule is CN1CCCC(CCNC(=O)CCO)C1. The summed E-state index contributed by atoms with van der Waals surface area (Å²) in [7, 11) is 2.15. The second-order valence-electron chi connectivity index (χ2n) is 4.38. The molecule has 0 aromatic carbocycles. The molecule has 0 saturated carbocycles. The first-order valence-corrected chi connectivity index (χ1v) is 5.78. The van der Waals surface area contributed by atoms with Gasteiger partial charge in [0, 0.05) is 19.5 Å². The number of nitrogens with zero attached hydrogens (tertiary/aromatic N) is 1. The van der Waals surface area contributed by atoms with E-state index in [0.29, 0.717) is 0 Å². The van der Waals surface area contributed by atoms with Crippen LogP contribution in [0.4, 0.5) is 0 Å². The molecular formula is C11H22N2O2. The van der Waals surface area contributed by atoms with Gasteiger partial charge in [0.25, 0.3) is 0 Å². The minimum absolute atomic E-state index is 0.0401. The van der Waals surface area contributed by atoms with Gasteiger partial charge in [0.05, 0.1) is 6.61 Å². The Labute approximate surface area is 91.6 Å². The lowest BCUT2D eigenvalue weighted by molar-refractivity contribution is -0.121. The molecule has 1 aliphatic heterocycles. The number of hydrogen-bond donors (Lipinski definition) is 2. The molecule has 0 bridgehead atoms. The number of likely N-dealkylation sites (tertiary alicyclic amines) is 1. The maximum atomic E-state index is 11.1. The highest BCUT2D eigenvalue weighted by Crippen LogP contribution is 2.17. The van der Waals surface area contributed by atoms with Crippen LogP contribution in [-0.4, -0.2) is 49.2 Å². The largest absolute Gasteiger partial charge is 0.396 e. The van der Waals surface area contributed by atoms with E-state index in [4.69, 9.17) is 5.11 Å². The smallest absolute Gasteiger partial charge is 0.222 e. The van der Waals surface area contributed by atoms with Crippen molar-refractivity contribution in [2.75, 3.05) is 33.3 Å². The van der Waals surface area contributed by atoms with Crippen molar-refractivity contribution in [3.05, 3.63) is 0 Å². The molecule has 88 valence electrons. The third-order valence-electron chi connectivity index (χ3n) is 2.94. The fourth-order valence-corrected chi connectivity index (χ4v) is 2.11. The van der Waals surface area contributed by atoms with Crippen molar-refractivity contribution in [3.63, 3.8) is 0 Å². The third kappa shape index (κ3) is 5.14. The molecule has 4 nitrogen and oxygen atoms in total. The molecule has 1 atom stereocenters. The monoisotopic (exact) mass is 214 g/mol. The molecule has 15 heavy (non-hydrogen) atoms. The molecule has 1 fully saturated rings. The van der Waals surface area contributed by atoms with Crippen LogP contribution in [0.2, 0.25) is 0 Å². The van der Waals surface area contributed by atoms with Gasteiger partial charge in [0.1, 0.15) is 0 Å². The van der Waals surface area contributed by atoms with Crippen LogP contribution in [0.5, 0.6) is 0 Å². The highest BCUT2D eigenvalue weighted by Gasteiger charge is 2.16. The second kappa shape index (κ2) is 6.80. The van der Waals surface area contributed by atoms with Crippen LogP contribution in [0, 0.1) is 5.92 Å². The van der Waals surface area contributed by atoms with Gasteiger partial charge in [-0.25, -0.2) is 0 Å². The van der Waals surface area contributed by atoms with Gasteiger partial charge in [-0.2, -0.15) is 0 Å². The lowest BCUT2D eigenvalue weighted by Crippen LogP contribution is -2.34. The van der Waals surface area contributed by atoms with Crippen LogP contribution < -0.4 is 5.32 Å². The summed E-state index contributed by atoms with van der Waals surface area (Å²) in [5.74, 6) is 0.680. The number of nitrogens with one attached hydrogen (secondary N) is 1. The highest BCUT2D eigenvalue weighted by molar-refractivity contribution is 5.75. The molecule has 1 saturated heterocycles. The van der Waals surface area contributed by atoms with Gasteiger partial charge < -0.3 is 15.3 Å². The molecular weight excluding hydrogens is 192 g/mol. The Morgan fingerprint density at radius 2 is 2.40 bits per heavy atom. The summed E-state index contributed by atoms with van der Waals surface area (Å²) in [5, 5.41) is 11.4. The summed E-state index contributed by atoms with van der Waals surface area (Å²) >= 11 is 0. The first-order valence-electron chi connectivity index (χ1n) is 5.78. The number of carbonyl (C=O) groups excluding carboxylic acids is 1. The summed E-state index contributed by atoms with van der Waals surface area (Å²) in [4.78, 5) is 13.4. The molecule has 1 aliphatic rings. The summed E-state index contributed by atoms with van der Waals surface area (Å²) in [5.41, 5.74) is 0. The zero-order valence-electron chi connectivity index (χ0n) is 9.54. The second-order valence-corrected chi connectivity index (χ2v) is 4.38.